The molecular formula is C17H12N2O3. The number of fused-ring (bicyclic) bond motifs is 1. The lowest BCUT2D eigenvalue weighted by Gasteiger charge is -2.19. The number of pyridine rings is 1. The Bertz CT molecular complexity index is 869. The van der Waals surface area contributed by atoms with Gasteiger partial charge in [0.25, 0.3) is 5.56 Å². The molecule has 2 aromatic rings. The molecule has 1 aromatic heterocycles. The van der Waals surface area contributed by atoms with Crippen molar-refractivity contribution >= 4 is 0 Å². The van der Waals surface area contributed by atoms with Crippen LogP contribution in [0.3, 0.4) is 0 Å². The van der Waals surface area contributed by atoms with E-state index in [4.69, 9.17) is 21.2 Å². The first-order chi connectivity index (χ1) is 10.7. The van der Waals surface area contributed by atoms with Crippen molar-refractivity contribution in [2.24, 2.45) is 0 Å². The SMILES string of the molecule is C#CCn1c(-c2ccc3c(c2)OCCO3)ccc(C#N)c1=O. The standard InChI is InChI=1S/C17H12N2O3/c1-2-7-19-14(5-3-13(11-18)17(19)20)12-4-6-15-16(10-12)22-9-8-21-15/h1,3-6,10H,7-9H2. The molecule has 1 aliphatic heterocycles. The van der Waals surface area contributed by atoms with Gasteiger partial charge in [-0.05, 0) is 30.3 Å². The van der Waals surface area contributed by atoms with Crippen LogP contribution in [0, 0.1) is 23.7 Å². The summed E-state index contributed by atoms with van der Waals surface area (Å²) in [7, 11) is 0. The van der Waals surface area contributed by atoms with E-state index in [1.54, 1.807) is 12.1 Å². The van der Waals surface area contributed by atoms with Crippen LogP contribution >= 0.6 is 0 Å². The molecule has 0 unspecified atom stereocenters. The van der Waals surface area contributed by atoms with Gasteiger partial charge in [-0.1, -0.05) is 5.92 Å². The van der Waals surface area contributed by atoms with E-state index in [0.717, 1.165) is 5.56 Å². The van der Waals surface area contributed by atoms with E-state index in [-0.39, 0.29) is 12.1 Å². The molecule has 2 heterocycles. The summed E-state index contributed by atoms with van der Waals surface area (Å²) in [5.74, 6) is 3.75. The van der Waals surface area contributed by atoms with Crippen LogP contribution < -0.4 is 15.0 Å². The summed E-state index contributed by atoms with van der Waals surface area (Å²) in [6.45, 7) is 1.10. The van der Waals surface area contributed by atoms with E-state index in [0.29, 0.717) is 30.4 Å². The topological polar surface area (TPSA) is 64.2 Å². The lowest BCUT2D eigenvalue weighted by molar-refractivity contribution is 0.171. The fraction of sp³-hybridized carbons (Fsp3) is 0.176. The molecule has 0 saturated heterocycles. The molecule has 5 heteroatoms. The smallest absolute Gasteiger partial charge is 0.269 e. The molecule has 1 aliphatic rings. The van der Waals surface area contributed by atoms with Crippen molar-refractivity contribution in [2.45, 2.75) is 6.54 Å². The predicted molar refractivity (Wildman–Crippen MR) is 80.7 cm³/mol. The summed E-state index contributed by atoms with van der Waals surface area (Å²) in [4.78, 5) is 12.3. The van der Waals surface area contributed by atoms with Crippen molar-refractivity contribution in [3.8, 4) is 41.2 Å². The molecule has 1 aromatic carbocycles. The molecule has 0 fully saturated rings. The lowest BCUT2D eigenvalue weighted by atomic mass is 10.1. The van der Waals surface area contributed by atoms with Crippen molar-refractivity contribution in [3.63, 3.8) is 0 Å². The molecule has 108 valence electrons. The van der Waals surface area contributed by atoms with E-state index < -0.39 is 5.56 Å². The van der Waals surface area contributed by atoms with Gasteiger partial charge < -0.3 is 9.47 Å². The number of aromatic nitrogens is 1. The zero-order valence-corrected chi connectivity index (χ0v) is 11.7. The zero-order valence-electron chi connectivity index (χ0n) is 11.7. The van der Waals surface area contributed by atoms with Crippen molar-refractivity contribution in [2.75, 3.05) is 13.2 Å². The average molecular weight is 292 g/mol. The van der Waals surface area contributed by atoms with Crippen LogP contribution in [0.4, 0.5) is 0 Å². The lowest BCUT2D eigenvalue weighted by Crippen LogP contribution is -2.23. The quantitative estimate of drug-likeness (QED) is 0.792. The number of rotatable bonds is 2. The minimum absolute atomic E-state index is 0.0662. The monoisotopic (exact) mass is 292 g/mol. The molecule has 0 saturated carbocycles. The van der Waals surface area contributed by atoms with Gasteiger partial charge in [0.05, 0.1) is 12.2 Å². The molecule has 0 atom stereocenters. The highest BCUT2D eigenvalue weighted by Crippen LogP contribution is 2.34. The van der Waals surface area contributed by atoms with Crippen molar-refractivity contribution in [3.05, 3.63) is 46.2 Å². The Morgan fingerprint density at radius 2 is 1.95 bits per heavy atom. The fourth-order valence-electron chi connectivity index (χ4n) is 2.37. The molecular weight excluding hydrogens is 280 g/mol. The van der Waals surface area contributed by atoms with Gasteiger partial charge in [0.1, 0.15) is 24.8 Å². The minimum Gasteiger partial charge on any atom is -0.486 e. The van der Waals surface area contributed by atoms with Gasteiger partial charge in [-0.3, -0.25) is 9.36 Å². The van der Waals surface area contributed by atoms with Crippen LogP contribution in [-0.4, -0.2) is 17.8 Å². The average Bonchev–Trinajstić information content (AvgIpc) is 2.56. The Balaban J connectivity index is 2.16. The fourth-order valence-corrected chi connectivity index (χ4v) is 2.37. The van der Waals surface area contributed by atoms with E-state index in [9.17, 15) is 4.79 Å². The van der Waals surface area contributed by atoms with Crippen LogP contribution in [-0.2, 0) is 6.54 Å². The zero-order chi connectivity index (χ0) is 15.5. The third-order valence-corrected chi connectivity index (χ3v) is 3.38. The van der Waals surface area contributed by atoms with Gasteiger partial charge in [-0.2, -0.15) is 5.26 Å². The van der Waals surface area contributed by atoms with E-state index >= 15 is 0 Å². The Labute approximate surface area is 127 Å². The Morgan fingerprint density at radius 3 is 2.68 bits per heavy atom. The Morgan fingerprint density at radius 1 is 1.18 bits per heavy atom. The van der Waals surface area contributed by atoms with E-state index in [1.807, 2.05) is 18.2 Å². The third-order valence-electron chi connectivity index (χ3n) is 3.38. The maximum absolute atomic E-state index is 12.3. The molecule has 0 spiro atoms. The normalized spacial score (nSPS) is 12.3. The molecule has 22 heavy (non-hydrogen) atoms. The summed E-state index contributed by atoms with van der Waals surface area (Å²) in [5.41, 5.74) is 1.09. The van der Waals surface area contributed by atoms with Gasteiger partial charge in [0.2, 0.25) is 0 Å². The van der Waals surface area contributed by atoms with Crippen molar-refractivity contribution in [1.29, 1.82) is 5.26 Å². The van der Waals surface area contributed by atoms with Crippen molar-refractivity contribution < 1.29 is 9.47 Å². The number of ether oxygens (including phenoxy) is 2. The van der Waals surface area contributed by atoms with E-state index in [2.05, 4.69) is 5.92 Å². The summed E-state index contributed by atoms with van der Waals surface area (Å²) in [6.07, 6.45) is 5.34. The van der Waals surface area contributed by atoms with Gasteiger partial charge >= 0.3 is 0 Å². The second-order valence-corrected chi connectivity index (χ2v) is 4.70. The molecule has 0 bridgehead atoms. The number of nitriles is 1. The van der Waals surface area contributed by atoms with Crippen LogP contribution in [0.15, 0.2) is 35.1 Å². The number of nitrogens with zero attached hydrogens (tertiary/aromatic N) is 2. The first-order valence-corrected chi connectivity index (χ1v) is 6.72. The highest BCUT2D eigenvalue weighted by atomic mass is 16.6. The predicted octanol–water partition coefficient (Wildman–Crippen LogP) is 1.79. The molecule has 0 amide bonds. The van der Waals surface area contributed by atoms with Gasteiger partial charge in [0, 0.05) is 5.56 Å². The van der Waals surface area contributed by atoms with Crippen molar-refractivity contribution in [1.82, 2.24) is 4.57 Å². The number of benzene rings is 1. The summed E-state index contributed by atoms with van der Waals surface area (Å²) >= 11 is 0. The molecule has 5 nitrogen and oxygen atoms in total. The van der Waals surface area contributed by atoms with Gasteiger partial charge in [-0.25, -0.2) is 0 Å². The highest BCUT2D eigenvalue weighted by Gasteiger charge is 2.15. The minimum atomic E-state index is -0.396. The molecule has 0 N–H and O–H groups in total. The summed E-state index contributed by atoms with van der Waals surface area (Å²) in [6, 6.07) is 10.5. The largest absolute Gasteiger partial charge is 0.486 e. The molecule has 0 radical (unpaired) electrons. The first kappa shape index (κ1) is 13.8. The summed E-state index contributed by atoms with van der Waals surface area (Å²) < 4.78 is 12.4. The Kier molecular flexibility index (Phi) is 3.55. The van der Waals surface area contributed by atoms with Crippen LogP contribution in [0.2, 0.25) is 0 Å². The number of hydrogen-bond donors (Lipinski definition) is 0. The first-order valence-electron chi connectivity index (χ1n) is 6.72. The number of hydrogen-bond acceptors (Lipinski definition) is 4. The van der Waals surface area contributed by atoms with Crippen LogP contribution in [0.5, 0.6) is 11.5 Å². The Hall–Kier alpha value is -3.18. The third kappa shape index (κ3) is 2.30. The maximum Gasteiger partial charge on any atom is 0.269 e. The highest BCUT2D eigenvalue weighted by molar-refractivity contribution is 5.65. The molecule has 0 aliphatic carbocycles. The molecule has 3 rings (SSSR count). The second-order valence-electron chi connectivity index (χ2n) is 4.70. The van der Waals surface area contributed by atoms with E-state index in [1.165, 1.54) is 10.6 Å². The van der Waals surface area contributed by atoms with Gasteiger partial charge in [-0.15, -0.1) is 6.42 Å². The second kappa shape index (κ2) is 5.67. The maximum atomic E-state index is 12.3. The summed E-state index contributed by atoms with van der Waals surface area (Å²) in [5, 5.41) is 8.98. The van der Waals surface area contributed by atoms with Crippen LogP contribution in [0.25, 0.3) is 11.3 Å². The van der Waals surface area contributed by atoms with Crippen LogP contribution in [0.1, 0.15) is 5.56 Å². The van der Waals surface area contributed by atoms with Gasteiger partial charge in [0.15, 0.2) is 11.5 Å². The number of terminal acetylenes is 1.